The lowest BCUT2D eigenvalue weighted by molar-refractivity contribution is -0.121. The maximum Gasteiger partial charge on any atom is 0.332 e. The minimum Gasteiger partial charge on any atom is -0.352 e. The zero-order valence-electron chi connectivity index (χ0n) is 18.0. The number of carbonyl (C=O) groups excluding carboxylic acids is 1. The first kappa shape index (κ1) is 21.0. The van der Waals surface area contributed by atoms with Gasteiger partial charge in [0.25, 0.3) is 5.56 Å². The number of hydrogen-bond acceptors (Lipinski definition) is 5. The average molecular weight is 425 g/mol. The fourth-order valence-corrected chi connectivity index (χ4v) is 4.21. The molecule has 0 radical (unpaired) electrons. The lowest BCUT2D eigenvalue weighted by atomic mass is 10.2. The molecule has 9 heteroatoms. The van der Waals surface area contributed by atoms with E-state index in [2.05, 4.69) is 27.3 Å². The Morgan fingerprint density at radius 1 is 1.16 bits per heavy atom. The molecule has 0 aliphatic carbocycles. The largest absolute Gasteiger partial charge is 0.352 e. The van der Waals surface area contributed by atoms with Gasteiger partial charge in [-0.2, -0.15) is 0 Å². The zero-order chi connectivity index (χ0) is 22.0. The van der Waals surface area contributed by atoms with Gasteiger partial charge in [-0.3, -0.25) is 23.6 Å². The highest BCUT2D eigenvalue weighted by molar-refractivity contribution is 5.76. The van der Waals surface area contributed by atoms with Gasteiger partial charge in [-0.15, -0.1) is 0 Å². The number of rotatable bonds is 7. The first-order valence-corrected chi connectivity index (χ1v) is 10.6. The van der Waals surface area contributed by atoms with Gasteiger partial charge < -0.3 is 9.88 Å². The van der Waals surface area contributed by atoms with Gasteiger partial charge in [0.2, 0.25) is 5.91 Å². The molecule has 1 aromatic carbocycles. The summed E-state index contributed by atoms with van der Waals surface area (Å²) in [7, 11) is 3.05. The number of aromatic nitrogens is 4. The topological polar surface area (TPSA) is 94.2 Å². The van der Waals surface area contributed by atoms with Crippen LogP contribution in [0.5, 0.6) is 0 Å². The number of amides is 1. The van der Waals surface area contributed by atoms with Crippen molar-refractivity contribution in [2.45, 2.75) is 38.4 Å². The minimum atomic E-state index is -0.403. The predicted octanol–water partition coefficient (Wildman–Crippen LogP) is 0.605. The summed E-state index contributed by atoms with van der Waals surface area (Å²) < 4.78 is 4.16. The fraction of sp³-hybridized carbons (Fsp3) is 0.455. The summed E-state index contributed by atoms with van der Waals surface area (Å²) in [6.07, 6.45) is 3.47. The third-order valence-corrected chi connectivity index (χ3v) is 5.91. The van der Waals surface area contributed by atoms with Gasteiger partial charge >= 0.3 is 5.69 Å². The maximum atomic E-state index is 12.5. The molecular weight excluding hydrogens is 396 g/mol. The predicted molar refractivity (Wildman–Crippen MR) is 118 cm³/mol. The summed E-state index contributed by atoms with van der Waals surface area (Å²) in [6, 6.07) is 10.5. The monoisotopic (exact) mass is 424 g/mol. The highest BCUT2D eigenvalue weighted by atomic mass is 16.2. The molecule has 4 rings (SSSR count). The second-order valence-corrected chi connectivity index (χ2v) is 8.19. The van der Waals surface area contributed by atoms with Crippen LogP contribution in [0.2, 0.25) is 0 Å². The van der Waals surface area contributed by atoms with Crippen LogP contribution in [0.15, 0.2) is 46.2 Å². The summed E-state index contributed by atoms with van der Waals surface area (Å²) in [6.45, 7) is 3.22. The zero-order valence-corrected chi connectivity index (χ0v) is 18.0. The molecule has 0 bridgehead atoms. The Kier molecular flexibility index (Phi) is 6.03. The van der Waals surface area contributed by atoms with E-state index in [-0.39, 0.29) is 17.5 Å². The van der Waals surface area contributed by atoms with Gasteiger partial charge in [0, 0.05) is 52.7 Å². The van der Waals surface area contributed by atoms with Crippen LogP contribution in [0.25, 0.3) is 11.2 Å². The lowest BCUT2D eigenvalue weighted by Crippen LogP contribution is -2.37. The second-order valence-electron chi connectivity index (χ2n) is 8.19. The SMILES string of the molecule is Cn1c(=O)c2c(ncn2CCCC(=O)NC2CCN(Cc3ccccc3)C2)n(C)c1=O. The molecule has 3 aromatic rings. The normalized spacial score (nSPS) is 16.8. The molecular formula is C22H28N6O3. The van der Waals surface area contributed by atoms with Gasteiger partial charge in [0.15, 0.2) is 11.2 Å². The number of nitrogens with one attached hydrogen (secondary N) is 1. The molecule has 9 nitrogen and oxygen atoms in total. The Balaban J connectivity index is 1.28. The van der Waals surface area contributed by atoms with Crippen LogP contribution >= 0.6 is 0 Å². The van der Waals surface area contributed by atoms with Crippen molar-refractivity contribution in [3.8, 4) is 0 Å². The summed E-state index contributed by atoms with van der Waals surface area (Å²) >= 11 is 0. The second kappa shape index (κ2) is 8.89. The van der Waals surface area contributed by atoms with Gasteiger partial charge in [-0.1, -0.05) is 30.3 Å². The molecule has 1 amide bonds. The Bertz CT molecular complexity index is 1190. The van der Waals surface area contributed by atoms with Crippen molar-refractivity contribution in [1.29, 1.82) is 0 Å². The third kappa shape index (κ3) is 4.46. The summed E-state index contributed by atoms with van der Waals surface area (Å²) in [5, 5.41) is 3.13. The fourth-order valence-electron chi connectivity index (χ4n) is 4.21. The summed E-state index contributed by atoms with van der Waals surface area (Å²) in [5.41, 5.74) is 1.26. The van der Waals surface area contributed by atoms with Gasteiger partial charge in [-0.25, -0.2) is 9.78 Å². The van der Waals surface area contributed by atoms with E-state index in [1.54, 1.807) is 17.9 Å². The summed E-state index contributed by atoms with van der Waals surface area (Å²) in [5.74, 6) is 0.0243. The molecule has 1 unspecified atom stereocenters. The Morgan fingerprint density at radius 3 is 2.71 bits per heavy atom. The van der Waals surface area contributed by atoms with Crippen molar-refractivity contribution < 1.29 is 4.79 Å². The van der Waals surface area contributed by atoms with E-state index >= 15 is 0 Å². The van der Waals surface area contributed by atoms with E-state index in [0.29, 0.717) is 30.6 Å². The van der Waals surface area contributed by atoms with Crippen molar-refractivity contribution in [2.24, 2.45) is 14.1 Å². The number of carbonyl (C=O) groups is 1. The van der Waals surface area contributed by atoms with Crippen molar-refractivity contribution in [3.05, 3.63) is 63.1 Å². The molecule has 1 fully saturated rings. The highest BCUT2D eigenvalue weighted by Gasteiger charge is 2.23. The molecule has 164 valence electrons. The molecule has 2 aromatic heterocycles. The highest BCUT2D eigenvalue weighted by Crippen LogP contribution is 2.14. The van der Waals surface area contributed by atoms with Crippen molar-refractivity contribution in [2.75, 3.05) is 13.1 Å². The van der Waals surface area contributed by atoms with E-state index in [0.717, 1.165) is 30.6 Å². The Hall–Kier alpha value is -3.20. The van der Waals surface area contributed by atoms with Gasteiger partial charge in [0.1, 0.15) is 0 Å². The van der Waals surface area contributed by atoms with Crippen molar-refractivity contribution in [3.63, 3.8) is 0 Å². The van der Waals surface area contributed by atoms with Crippen molar-refractivity contribution in [1.82, 2.24) is 28.9 Å². The number of nitrogens with zero attached hydrogens (tertiary/aromatic N) is 5. The third-order valence-electron chi connectivity index (χ3n) is 5.91. The first-order valence-electron chi connectivity index (χ1n) is 10.6. The van der Waals surface area contributed by atoms with Crippen LogP contribution in [0.1, 0.15) is 24.8 Å². The molecule has 1 aliphatic rings. The molecule has 31 heavy (non-hydrogen) atoms. The van der Waals surface area contributed by atoms with E-state index in [1.165, 1.54) is 17.2 Å². The minimum absolute atomic E-state index is 0.0243. The van der Waals surface area contributed by atoms with E-state index < -0.39 is 5.69 Å². The van der Waals surface area contributed by atoms with E-state index in [9.17, 15) is 14.4 Å². The number of fused-ring (bicyclic) bond motifs is 1. The van der Waals surface area contributed by atoms with Crippen LogP contribution in [-0.2, 0) is 32.0 Å². The molecule has 1 aliphatic heterocycles. The maximum absolute atomic E-state index is 12.5. The molecule has 0 saturated carbocycles. The van der Waals surface area contributed by atoms with E-state index in [1.807, 2.05) is 18.2 Å². The smallest absolute Gasteiger partial charge is 0.332 e. The quantitative estimate of drug-likeness (QED) is 0.600. The number of hydrogen-bond donors (Lipinski definition) is 1. The van der Waals surface area contributed by atoms with Gasteiger partial charge in [-0.05, 0) is 18.4 Å². The molecule has 1 saturated heterocycles. The van der Waals surface area contributed by atoms with Crippen LogP contribution in [0.3, 0.4) is 0 Å². The Labute approximate surface area is 179 Å². The van der Waals surface area contributed by atoms with Crippen molar-refractivity contribution >= 4 is 17.1 Å². The number of aryl methyl sites for hydroxylation is 2. The molecule has 0 spiro atoms. The number of likely N-dealkylation sites (tertiary alicyclic amines) is 1. The molecule has 1 N–H and O–H groups in total. The van der Waals surface area contributed by atoms with Crippen LogP contribution in [0, 0.1) is 0 Å². The van der Waals surface area contributed by atoms with E-state index in [4.69, 9.17) is 0 Å². The Morgan fingerprint density at radius 2 is 1.94 bits per heavy atom. The van der Waals surface area contributed by atoms with Crippen LogP contribution in [0.4, 0.5) is 0 Å². The summed E-state index contributed by atoms with van der Waals surface area (Å²) in [4.78, 5) is 43.5. The van der Waals surface area contributed by atoms with Gasteiger partial charge in [0.05, 0.1) is 6.33 Å². The number of benzene rings is 1. The first-order chi connectivity index (χ1) is 14.9. The molecule has 3 heterocycles. The number of imidazole rings is 1. The molecule has 1 atom stereocenters. The van der Waals surface area contributed by atoms with Crippen LogP contribution < -0.4 is 16.6 Å². The standard InChI is InChI=1S/C22H28N6O3/c1-25-20-19(21(30)26(2)22(25)31)28(15-23-20)11-6-9-18(29)24-17-10-12-27(14-17)13-16-7-4-3-5-8-16/h3-5,7-8,15,17H,6,9-14H2,1-2H3,(H,24,29). The average Bonchev–Trinajstić information content (AvgIpc) is 3.38. The van der Waals surface area contributed by atoms with Crippen LogP contribution in [-0.4, -0.2) is 48.6 Å². The lowest BCUT2D eigenvalue weighted by Gasteiger charge is -2.17.